The Kier molecular flexibility index (Phi) is 4.24. The summed E-state index contributed by atoms with van der Waals surface area (Å²) in [6, 6.07) is 4.16. The molecule has 0 aliphatic carbocycles. The zero-order chi connectivity index (χ0) is 11.2. The average molecular weight is 192 g/mol. The molecule has 0 heterocycles. The normalized spacial score (nSPS) is 19.3. The van der Waals surface area contributed by atoms with E-state index in [1.54, 1.807) is 13.8 Å². The van der Waals surface area contributed by atoms with Crippen molar-refractivity contribution >= 4 is 0 Å². The Morgan fingerprint density at radius 3 is 1.36 bits per heavy atom. The van der Waals surface area contributed by atoms with Gasteiger partial charge in [0.05, 0.1) is 12.1 Å². The van der Waals surface area contributed by atoms with E-state index in [1.807, 2.05) is 13.8 Å². The van der Waals surface area contributed by atoms with Crippen LogP contribution in [0.2, 0.25) is 0 Å². The van der Waals surface area contributed by atoms with E-state index in [0.29, 0.717) is 12.8 Å². The Hall–Kier alpha value is -1.42. The van der Waals surface area contributed by atoms with Gasteiger partial charge in [0.25, 0.3) is 0 Å². The second-order valence-electron chi connectivity index (χ2n) is 3.68. The Morgan fingerprint density at radius 1 is 0.929 bits per heavy atom. The topological polar surface area (TPSA) is 72.3 Å². The van der Waals surface area contributed by atoms with Crippen LogP contribution < -0.4 is 0 Å². The van der Waals surface area contributed by atoms with Gasteiger partial charge in [0.1, 0.15) is 0 Å². The van der Waals surface area contributed by atoms with Gasteiger partial charge >= 0.3 is 0 Å². The molecule has 2 unspecified atom stereocenters. The van der Waals surface area contributed by atoms with Gasteiger partial charge in [-0.1, -0.05) is 13.8 Å². The van der Waals surface area contributed by atoms with Crippen molar-refractivity contribution in [1.29, 1.82) is 10.5 Å². The summed E-state index contributed by atoms with van der Waals surface area (Å²) >= 11 is 0. The summed E-state index contributed by atoms with van der Waals surface area (Å²) < 4.78 is 0. The Balaban J connectivity index is 4.76. The average Bonchev–Trinajstić information content (AvgIpc) is 2.25. The van der Waals surface area contributed by atoms with E-state index in [9.17, 15) is 0 Å². The van der Waals surface area contributed by atoms with Gasteiger partial charge in [-0.15, -0.1) is 0 Å². The Bertz CT molecular complexity index is 266. The molecule has 0 rings (SSSR count). The van der Waals surface area contributed by atoms with Gasteiger partial charge in [-0.05, 0) is 26.7 Å². The van der Waals surface area contributed by atoms with Crippen LogP contribution in [0.25, 0.3) is 0 Å². The van der Waals surface area contributed by atoms with E-state index in [2.05, 4.69) is 22.4 Å². The van der Waals surface area contributed by atoms with Crippen LogP contribution in [0.4, 0.5) is 0 Å². The van der Waals surface area contributed by atoms with E-state index in [1.165, 1.54) is 0 Å². The standard InChI is InChI=1S/C10H16N4/c1-5-9(3,7-11)13-14-10(4,6-2)8-12/h5-6H2,1-4H3/b14-13-. The lowest BCUT2D eigenvalue weighted by atomic mass is 10.0. The molecule has 0 saturated carbocycles. The predicted octanol–water partition coefficient (Wildman–Crippen LogP) is 2.82. The molecule has 0 saturated heterocycles. The molecule has 0 fully saturated rings. The van der Waals surface area contributed by atoms with Crippen LogP contribution in [0.5, 0.6) is 0 Å². The van der Waals surface area contributed by atoms with Crippen molar-refractivity contribution in [3.8, 4) is 12.1 Å². The zero-order valence-electron chi connectivity index (χ0n) is 9.20. The molecule has 4 heteroatoms. The first-order valence-corrected chi connectivity index (χ1v) is 4.72. The SMILES string of the molecule is CCC(C)(C#N)/N=N\C(C)(C#N)CC. The lowest BCUT2D eigenvalue weighted by Gasteiger charge is -2.16. The maximum Gasteiger partial charge on any atom is 0.164 e. The minimum Gasteiger partial charge on any atom is -0.196 e. The van der Waals surface area contributed by atoms with Crippen LogP contribution in [0, 0.1) is 22.7 Å². The highest BCUT2D eigenvalue weighted by molar-refractivity contribution is 5.06. The third-order valence-electron chi connectivity index (χ3n) is 2.35. The number of hydrogen-bond acceptors (Lipinski definition) is 4. The smallest absolute Gasteiger partial charge is 0.164 e. The van der Waals surface area contributed by atoms with Crippen molar-refractivity contribution in [3.05, 3.63) is 0 Å². The van der Waals surface area contributed by atoms with Crippen LogP contribution in [0.15, 0.2) is 10.2 Å². The first kappa shape index (κ1) is 12.6. The van der Waals surface area contributed by atoms with Crippen molar-refractivity contribution < 1.29 is 0 Å². The van der Waals surface area contributed by atoms with E-state index < -0.39 is 11.1 Å². The van der Waals surface area contributed by atoms with E-state index in [0.717, 1.165) is 0 Å². The Morgan fingerprint density at radius 2 is 1.21 bits per heavy atom. The zero-order valence-corrected chi connectivity index (χ0v) is 9.20. The number of hydrogen-bond donors (Lipinski definition) is 0. The van der Waals surface area contributed by atoms with Gasteiger partial charge in [-0.25, -0.2) is 0 Å². The first-order chi connectivity index (χ1) is 6.45. The fourth-order valence-electron chi connectivity index (χ4n) is 0.565. The van der Waals surface area contributed by atoms with Crippen molar-refractivity contribution in [2.24, 2.45) is 10.2 Å². The van der Waals surface area contributed by atoms with E-state index in [-0.39, 0.29) is 0 Å². The van der Waals surface area contributed by atoms with Crippen molar-refractivity contribution in [3.63, 3.8) is 0 Å². The monoisotopic (exact) mass is 192 g/mol. The van der Waals surface area contributed by atoms with Gasteiger partial charge in [0.2, 0.25) is 0 Å². The quantitative estimate of drug-likeness (QED) is 0.642. The molecule has 0 aliphatic rings. The van der Waals surface area contributed by atoms with Crippen LogP contribution in [-0.2, 0) is 0 Å². The fourth-order valence-corrected chi connectivity index (χ4v) is 0.565. The molecule has 14 heavy (non-hydrogen) atoms. The molecule has 0 aromatic carbocycles. The van der Waals surface area contributed by atoms with Crippen molar-refractivity contribution in [2.75, 3.05) is 0 Å². The number of nitrogens with zero attached hydrogens (tertiary/aromatic N) is 4. The summed E-state index contributed by atoms with van der Waals surface area (Å²) in [5.74, 6) is 0. The fraction of sp³-hybridized carbons (Fsp3) is 0.800. The van der Waals surface area contributed by atoms with Gasteiger partial charge < -0.3 is 0 Å². The molecule has 4 nitrogen and oxygen atoms in total. The summed E-state index contributed by atoms with van der Waals surface area (Å²) in [5, 5.41) is 25.6. The molecule has 0 aromatic heterocycles. The van der Waals surface area contributed by atoms with E-state index in [4.69, 9.17) is 10.5 Å². The van der Waals surface area contributed by atoms with E-state index >= 15 is 0 Å². The summed E-state index contributed by atoms with van der Waals surface area (Å²) in [6.45, 7) is 7.17. The second kappa shape index (κ2) is 4.72. The first-order valence-electron chi connectivity index (χ1n) is 4.72. The van der Waals surface area contributed by atoms with Crippen LogP contribution in [-0.4, -0.2) is 11.1 Å². The minimum atomic E-state index is -0.798. The van der Waals surface area contributed by atoms with Crippen LogP contribution >= 0.6 is 0 Å². The van der Waals surface area contributed by atoms with Crippen molar-refractivity contribution in [1.82, 2.24) is 0 Å². The largest absolute Gasteiger partial charge is 0.196 e. The molecular weight excluding hydrogens is 176 g/mol. The summed E-state index contributed by atoms with van der Waals surface area (Å²) in [5.41, 5.74) is -1.60. The van der Waals surface area contributed by atoms with Crippen molar-refractivity contribution in [2.45, 2.75) is 51.6 Å². The third kappa shape index (κ3) is 3.14. The molecule has 0 bridgehead atoms. The van der Waals surface area contributed by atoms with Gasteiger partial charge in [0, 0.05) is 0 Å². The molecule has 0 radical (unpaired) electrons. The van der Waals surface area contributed by atoms with Gasteiger partial charge in [-0.2, -0.15) is 20.8 Å². The predicted molar refractivity (Wildman–Crippen MR) is 53.5 cm³/mol. The lowest BCUT2D eigenvalue weighted by molar-refractivity contribution is 0.473. The minimum absolute atomic E-state index is 0.595. The number of nitriles is 2. The third-order valence-corrected chi connectivity index (χ3v) is 2.35. The maximum absolute atomic E-state index is 8.84. The highest BCUT2D eigenvalue weighted by Crippen LogP contribution is 2.20. The number of rotatable bonds is 4. The van der Waals surface area contributed by atoms with Gasteiger partial charge in [0.15, 0.2) is 11.1 Å². The molecule has 0 N–H and O–H groups in total. The van der Waals surface area contributed by atoms with Crippen LogP contribution in [0.1, 0.15) is 40.5 Å². The molecule has 76 valence electrons. The lowest BCUT2D eigenvalue weighted by Crippen LogP contribution is -2.22. The molecule has 0 aromatic rings. The summed E-state index contributed by atoms with van der Waals surface area (Å²) in [4.78, 5) is 0. The molecule has 2 atom stereocenters. The highest BCUT2D eigenvalue weighted by atomic mass is 15.2. The second-order valence-corrected chi connectivity index (χ2v) is 3.68. The summed E-state index contributed by atoms with van der Waals surface area (Å²) in [7, 11) is 0. The molecular formula is C10H16N4. The molecule has 0 amide bonds. The Labute approximate surface area is 85.3 Å². The maximum atomic E-state index is 8.84. The molecule has 0 aliphatic heterocycles. The number of azo groups is 1. The summed E-state index contributed by atoms with van der Waals surface area (Å²) in [6.07, 6.45) is 1.19. The molecule has 0 spiro atoms. The highest BCUT2D eigenvalue weighted by Gasteiger charge is 2.25. The van der Waals surface area contributed by atoms with Crippen LogP contribution in [0.3, 0.4) is 0 Å². The van der Waals surface area contributed by atoms with Gasteiger partial charge in [-0.3, -0.25) is 0 Å².